The number of aliphatic hydroxyl groups is 1. The Bertz CT molecular complexity index is 1500. The van der Waals surface area contributed by atoms with Crippen LogP contribution in [0.2, 0.25) is 0 Å². The molecule has 0 aliphatic carbocycles. The minimum atomic E-state index is -0.896. The third kappa shape index (κ3) is 4.18. The summed E-state index contributed by atoms with van der Waals surface area (Å²) in [5.41, 5.74) is 2.49. The van der Waals surface area contributed by atoms with Gasteiger partial charge >= 0.3 is 0 Å². The lowest BCUT2D eigenvalue weighted by Crippen LogP contribution is -2.31. The van der Waals surface area contributed by atoms with E-state index < -0.39 is 23.5 Å². The molecule has 7 nitrogen and oxygen atoms in total. The van der Waals surface area contributed by atoms with Crippen LogP contribution in [0.15, 0.2) is 70.3 Å². The number of fused-ring (bicyclic) bond motifs is 1. The van der Waals surface area contributed by atoms with Crippen LogP contribution in [0.1, 0.15) is 53.8 Å². The molecule has 36 heavy (non-hydrogen) atoms. The summed E-state index contributed by atoms with van der Waals surface area (Å²) in [6.45, 7) is 6.36. The summed E-state index contributed by atoms with van der Waals surface area (Å²) in [7, 11) is 0. The van der Waals surface area contributed by atoms with Gasteiger partial charge in [-0.3, -0.25) is 14.5 Å². The fourth-order valence-electron chi connectivity index (χ4n) is 4.31. The zero-order valence-electron chi connectivity index (χ0n) is 20.3. The molecule has 4 aromatic rings. The van der Waals surface area contributed by atoms with Gasteiger partial charge in [-0.15, -0.1) is 0 Å². The van der Waals surface area contributed by atoms with Crippen LogP contribution in [0.5, 0.6) is 5.75 Å². The van der Waals surface area contributed by atoms with Gasteiger partial charge in [-0.05, 0) is 67.3 Å². The minimum absolute atomic E-state index is 0.0458. The van der Waals surface area contributed by atoms with Crippen LogP contribution < -0.4 is 9.64 Å². The lowest BCUT2D eigenvalue weighted by molar-refractivity contribution is -0.117. The molecule has 8 heteroatoms. The molecule has 1 N–H and O–H groups in total. The van der Waals surface area contributed by atoms with Crippen LogP contribution in [0.3, 0.4) is 0 Å². The number of hydrogen-bond acceptors (Lipinski definition) is 7. The van der Waals surface area contributed by atoms with Crippen LogP contribution in [0, 0.1) is 6.92 Å². The van der Waals surface area contributed by atoms with Crippen molar-refractivity contribution in [2.24, 2.45) is 0 Å². The number of aromatic nitrogens is 1. The topological polar surface area (TPSA) is 92.9 Å². The first-order chi connectivity index (χ1) is 17.4. The summed E-state index contributed by atoms with van der Waals surface area (Å²) in [5, 5.41) is 11.4. The van der Waals surface area contributed by atoms with Crippen molar-refractivity contribution in [2.45, 2.75) is 39.7 Å². The molecule has 0 saturated carbocycles. The minimum Gasteiger partial charge on any atom is -0.503 e. The summed E-state index contributed by atoms with van der Waals surface area (Å²) < 4.78 is 12.3. The fraction of sp³-hybridized carbons (Fsp3) is 0.250. The normalized spacial score (nSPS) is 15.8. The monoisotopic (exact) mass is 502 g/mol. The van der Waals surface area contributed by atoms with Crippen molar-refractivity contribution in [3.63, 3.8) is 0 Å². The lowest BCUT2D eigenvalue weighted by atomic mass is 9.95. The van der Waals surface area contributed by atoms with E-state index in [4.69, 9.17) is 14.1 Å². The van der Waals surface area contributed by atoms with E-state index in [0.29, 0.717) is 28.8 Å². The number of ketones is 1. The number of nitrogens with zero attached hydrogens (tertiary/aromatic N) is 2. The zero-order chi connectivity index (χ0) is 25.4. The molecule has 1 amide bonds. The number of anilines is 1. The third-order valence-corrected chi connectivity index (χ3v) is 7.14. The average Bonchev–Trinajstić information content (AvgIpc) is 3.58. The molecule has 0 bridgehead atoms. The van der Waals surface area contributed by atoms with Gasteiger partial charge in [0, 0.05) is 0 Å². The van der Waals surface area contributed by atoms with Crippen LogP contribution in [-0.4, -0.2) is 28.4 Å². The maximum absolute atomic E-state index is 13.6. The second-order valence-electron chi connectivity index (χ2n) is 8.65. The van der Waals surface area contributed by atoms with E-state index in [1.165, 1.54) is 16.2 Å². The highest BCUT2D eigenvalue weighted by Gasteiger charge is 2.46. The molecule has 0 radical (unpaired) electrons. The second kappa shape index (κ2) is 9.62. The number of Topliss-reactive ketones (excluding diaryl/α,β-unsaturated/α-hetero) is 1. The fourth-order valence-corrected chi connectivity index (χ4v) is 5.37. The second-order valence-corrected chi connectivity index (χ2v) is 9.66. The van der Waals surface area contributed by atoms with Gasteiger partial charge in [0.1, 0.15) is 11.5 Å². The Morgan fingerprint density at radius 2 is 2.00 bits per heavy atom. The number of ether oxygens (including phenoxy) is 1. The molecule has 1 atom stereocenters. The Labute approximate surface area is 212 Å². The molecule has 0 fully saturated rings. The molecule has 1 unspecified atom stereocenters. The number of aryl methyl sites for hydroxylation is 2. The average molecular weight is 503 g/mol. The number of furan rings is 1. The van der Waals surface area contributed by atoms with Gasteiger partial charge < -0.3 is 14.3 Å². The zero-order valence-corrected chi connectivity index (χ0v) is 21.1. The molecule has 3 heterocycles. The van der Waals surface area contributed by atoms with E-state index in [1.807, 2.05) is 37.3 Å². The lowest BCUT2D eigenvalue weighted by Gasteiger charge is -2.24. The quantitative estimate of drug-likeness (QED) is 0.283. The molecule has 2 aromatic carbocycles. The Morgan fingerprint density at radius 3 is 2.72 bits per heavy atom. The first-order valence-electron chi connectivity index (χ1n) is 11.9. The number of benzene rings is 2. The van der Waals surface area contributed by atoms with Gasteiger partial charge in [0.15, 0.2) is 16.7 Å². The van der Waals surface area contributed by atoms with Gasteiger partial charge in [0.25, 0.3) is 5.91 Å². The molecular weight excluding hydrogens is 476 g/mol. The van der Waals surface area contributed by atoms with Gasteiger partial charge in [-0.2, -0.15) is 0 Å². The summed E-state index contributed by atoms with van der Waals surface area (Å²) in [6, 6.07) is 15.5. The van der Waals surface area contributed by atoms with E-state index in [2.05, 4.69) is 13.0 Å². The highest BCUT2D eigenvalue weighted by molar-refractivity contribution is 7.22. The van der Waals surface area contributed by atoms with Gasteiger partial charge in [0.05, 0.1) is 28.4 Å². The number of rotatable bonds is 8. The van der Waals surface area contributed by atoms with Crippen molar-refractivity contribution in [1.82, 2.24) is 4.98 Å². The van der Waals surface area contributed by atoms with Gasteiger partial charge in [0.2, 0.25) is 5.78 Å². The van der Waals surface area contributed by atoms with Crippen molar-refractivity contribution in [1.29, 1.82) is 0 Å². The van der Waals surface area contributed by atoms with E-state index in [-0.39, 0.29) is 11.3 Å². The predicted molar refractivity (Wildman–Crippen MR) is 139 cm³/mol. The Balaban J connectivity index is 1.65. The Kier molecular flexibility index (Phi) is 6.36. The number of amides is 1. The number of thiazole rings is 1. The number of hydrogen-bond donors (Lipinski definition) is 1. The molecule has 184 valence electrons. The van der Waals surface area contributed by atoms with Crippen LogP contribution in [0.4, 0.5) is 5.13 Å². The Morgan fingerprint density at radius 1 is 1.17 bits per heavy atom. The standard InChI is InChI=1S/C28H26N2O5S/c1-4-13-34-19-8-6-7-18(15-19)24-23(25(31)21-12-9-16(3)35-21)26(32)27(33)30(24)28-29-20-11-10-17(5-2)14-22(20)36-28/h6-12,14-15,24,32H,4-5,13H2,1-3H3. The van der Waals surface area contributed by atoms with Crippen molar-refractivity contribution in [2.75, 3.05) is 11.5 Å². The number of carbonyl (C=O) groups is 2. The van der Waals surface area contributed by atoms with Crippen molar-refractivity contribution in [3.8, 4) is 5.75 Å². The molecule has 0 saturated heterocycles. The highest BCUT2D eigenvalue weighted by Crippen LogP contribution is 2.45. The first-order valence-corrected chi connectivity index (χ1v) is 12.7. The predicted octanol–water partition coefficient (Wildman–Crippen LogP) is 6.33. The van der Waals surface area contributed by atoms with Crippen LogP contribution in [0.25, 0.3) is 10.2 Å². The number of carbonyl (C=O) groups excluding carboxylic acids is 2. The summed E-state index contributed by atoms with van der Waals surface area (Å²) in [4.78, 5) is 33.1. The molecule has 5 rings (SSSR count). The van der Waals surface area contributed by atoms with E-state index in [0.717, 1.165) is 28.6 Å². The van der Waals surface area contributed by atoms with E-state index in [9.17, 15) is 14.7 Å². The van der Waals surface area contributed by atoms with Crippen molar-refractivity contribution >= 4 is 38.4 Å². The highest BCUT2D eigenvalue weighted by atomic mass is 32.1. The Hall–Kier alpha value is -3.91. The molecule has 2 aromatic heterocycles. The van der Waals surface area contributed by atoms with Crippen molar-refractivity contribution < 1.29 is 23.8 Å². The molecule has 0 spiro atoms. The molecule has 1 aliphatic heterocycles. The smallest absolute Gasteiger partial charge is 0.296 e. The molecular formula is C28H26N2O5S. The van der Waals surface area contributed by atoms with E-state index in [1.54, 1.807) is 25.1 Å². The van der Waals surface area contributed by atoms with Crippen molar-refractivity contribution in [3.05, 3.63) is 88.6 Å². The van der Waals surface area contributed by atoms with Crippen LogP contribution in [-0.2, 0) is 11.2 Å². The maximum atomic E-state index is 13.6. The summed E-state index contributed by atoms with van der Waals surface area (Å²) in [6.07, 6.45) is 1.72. The first kappa shape index (κ1) is 23.8. The number of aliphatic hydroxyl groups excluding tert-OH is 1. The largest absolute Gasteiger partial charge is 0.503 e. The van der Waals surface area contributed by atoms with Gasteiger partial charge in [-0.1, -0.05) is 43.4 Å². The third-order valence-electron chi connectivity index (χ3n) is 6.12. The maximum Gasteiger partial charge on any atom is 0.296 e. The SMILES string of the molecule is CCCOc1cccc(C2C(C(=O)c3ccc(C)o3)=C(O)C(=O)N2c2nc3ccc(CC)cc3s2)c1. The summed E-state index contributed by atoms with van der Waals surface area (Å²) in [5.74, 6) is -0.594. The summed E-state index contributed by atoms with van der Waals surface area (Å²) >= 11 is 1.35. The van der Waals surface area contributed by atoms with E-state index >= 15 is 0 Å². The molecule has 1 aliphatic rings. The van der Waals surface area contributed by atoms with Crippen LogP contribution >= 0.6 is 11.3 Å². The van der Waals surface area contributed by atoms with Gasteiger partial charge in [-0.25, -0.2) is 4.98 Å².